The molecule has 1 atom stereocenters. The maximum Gasteiger partial charge on any atom is 0.256 e. The molecule has 11 heteroatoms. The Kier molecular flexibility index (Phi) is 8.58. The van der Waals surface area contributed by atoms with E-state index in [2.05, 4.69) is 29.0 Å². The van der Waals surface area contributed by atoms with E-state index in [-0.39, 0.29) is 32.5 Å². The first kappa shape index (κ1) is 30.4. The van der Waals surface area contributed by atoms with Crippen LogP contribution in [0.5, 0.6) is 0 Å². The number of benzene rings is 2. The minimum absolute atomic E-state index is 0.0246. The second-order valence-electron chi connectivity index (χ2n) is 10.8. The molecule has 1 unspecified atom stereocenters. The Labute approximate surface area is 256 Å². The SMILES string of the molecule is CCN(CC)C1CCN(C(=O)c2c(C)[nH]c(/C=C3\C(=O)Nc4ccc(S(=O)(=O)Cc5c(Cl)cccc5Cl)cc43)c2C)C1. The normalized spacial score (nSPS) is 17.8. The molecule has 0 bridgehead atoms. The molecule has 0 aliphatic carbocycles. The number of carbonyl (C=O) groups is 2. The number of aryl methyl sites for hydroxylation is 1. The van der Waals surface area contributed by atoms with E-state index in [1.807, 2.05) is 18.7 Å². The van der Waals surface area contributed by atoms with E-state index in [0.29, 0.717) is 52.8 Å². The molecular weight excluding hydrogens is 595 g/mol. The quantitative estimate of drug-likeness (QED) is 0.300. The van der Waals surface area contributed by atoms with Crippen LogP contribution >= 0.6 is 23.2 Å². The summed E-state index contributed by atoms with van der Waals surface area (Å²) in [6.07, 6.45) is 2.63. The number of carbonyl (C=O) groups excluding carboxylic acids is 2. The highest BCUT2D eigenvalue weighted by molar-refractivity contribution is 7.90. The summed E-state index contributed by atoms with van der Waals surface area (Å²) in [6, 6.07) is 9.73. The fourth-order valence-electron chi connectivity index (χ4n) is 5.95. The van der Waals surface area contributed by atoms with Crippen molar-refractivity contribution in [1.82, 2.24) is 14.8 Å². The van der Waals surface area contributed by atoms with E-state index < -0.39 is 9.84 Å². The molecule has 1 fully saturated rings. The smallest absolute Gasteiger partial charge is 0.256 e. The molecule has 0 saturated carbocycles. The van der Waals surface area contributed by atoms with Crippen molar-refractivity contribution in [2.24, 2.45) is 0 Å². The standard InChI is InChI=1S/C31H34Cl2N4O4S/c1-5-36(6-2)20-12-13-37(16-20)31(39)29-18(3)28(34-19(29)4)15-23-22-14-21(10-11-27(22)35-30(23)38)42(40,41)17-24-25(32)8-7-9-26(24)33/h7-11,14-15,20,34H,5-6,12-13,16-17H2,1-4H3,(H,35,38)/b23-15-. The number of rotatable bonds is 8. The summed E-state index contributed by atoms with van der Waals surface area (Å²) < 4.78 is 26.7. The Balaban J connectivity index is 1.45. The summed E-state index contributed by atoms with van der Waals surface area (Å²) in [6.45, 7) is 11.3. The number of halogens is 2. The largest absolute Gasteiger partial charge is 0.358 e. The molecule has 1 aromatic heterocycles. The number of nitrogens with zero attached hydrogens (tertiary/aromatic N) is 2. The number of likely N-dealkylation sites (tertiary alicyclic amines) is 1. The van der Waals surface area contributed by atoms with Crippen LogP contribution in [0.25, 0.3) is 11.6 Å². The molecule has 0 radical (unpaired) electrons. The molecule has 8 nitrogen and oxygen atoms in total. The van der Waals surface area contributed by atoms with E-state index >= 15 is 0 Å². The molecule has 2 amide bonds. The number of likely N-dealkylation sites (N-methyl/N-ethyl adjacent to an activating group) is 1. The number of hydrogen-bond acceptors (Lipinski definition) is 5. The van der Waals surface area contributed by atoms with Gasteiger partial charge in [-0.15, -0.1) is 0 Å². The van der Waals surface area contributed by atoms with Crippen LogP contribution < -0.4 is 5.32 Å². The lowest BCUT2D eigenvalue weighted by Crippen LogP contribution is -2.38. The maximum absolute atomic E-state index is 13.6. The zero-order valence-corrected chi connectivity index (χ0v) is 26.4. The lowest BCUT2D eigenvalue weighted by atomic mass is 10.0. The maximum atomic E-state index is 13.6. The first-order valence-electron chi connectivity index (χ1n) is 14.0. The molecule has 3 heterocycles. The zero-order chi connectivity index (χ0) is 30.3. The molecule has 2 aromatic carbocycles. The third-order valence-corrected chi connectivity index (χ3v) is 10.6. The highest BCUT2D eigenvalue weighted by Gasteiger charge is 2.33. The predicted octanol–water partition coefficient (Wildman–Crippen LogP) is 5.96. The lowest BCUT2D eigenvalue weighted by molar-refractivity contribution is -0.110. The van der Waals surface area contributed by atoms with Gasteiger partial charge in [0.25, 0.3) is 11.8 Å². The minimum Gasteiger partial charge on any atom is -0.358 e. The van der Waals surface area contributed by atoms with Crippen LogP contribution in [0.2, 0.25) is 10.0 Å². The first-order valence-corrected chi connectivity index (χ1v) is 16.4. The number of aromatic amines is 1. The summed E-state index contributed by atoms with van der Waals surface area (Å²) in [7, 11) is -3.84. The number of aromatic nitrogens is 1. The van der Waals surface area contributed by atoms with Gasteiger partial charge in [0.1, 0.15) is 0 Å². The van der Waals surface area contributed by atoms with Crippen LogP contribution in [0, 0.1) is 13.8 Å². The fraction of sp³-hybridized carbons (Fsp3) is 0.355. The van der Waals surface area contributed by atoms with Crippen molar-refractivity contribution in [3.63, 3.8) is 0 Å². The van der Waals surface area contributed by atoms with Gasteiger partial charge in [-0.2, -0.15) is 0 Å². The van der Waals surface area contributed by atoms with Crippen molar-refractivity contribution in [3.8, 4) is 0 Å². The van der Waals surface area contributed by atoms with E-state index in [1.54, 1.807) is 30.3 Å². The number of anilines is 1. The van der Waals surface area contributed by atoms with E-state index in [0.717, 1.165) is 30.8 Å². The van der Waals surface area contributed by atoms with Gasteiger partial charge in [0.15, 0.2) is 9.84 Å². The average molecular weight is 630 g/mol. The lowest BCUT2D eigenvalue weighted by Gasteiger charge is -2.26. The summed E-state index contributed by atoms with van der Waals surface area (Å²) in [5.74, 6) is -0.755. The van der Waals surface area contributed by atoms with Gasteiger partial charge in [0.2, 0.25) is 0 Å². The number of sulfone groups is 1. The Morgan fingerprint density at radius 3 is 2.48 bits per heavy atom. The van der Waals surface area contributed by atoms with Gasteiger partial charge >= 0.3 is 0 Å². The van der Waals surface area contributed by atoms with Gasteiger partial charge in [0, 0.05) is 57.4 Å². The number of hydrogen-bond donors (Lipinski definition) is 2. The topological polar surface area (TPSA) is 103 Å². The van der Waals surface area contributed by atoms with Crippen molar-refractivity contribution in [1.29, 1.82) is 0 Å². The molecule has 42 heavy (non-hydrogen) atoms. The van der Waals surface area contributed by atoms with E-state index in [9.17, 15) is 18.0 Å². The summed E-state index contributed by atoms with van der Waals surface area (Å²) in [5.41, 5.74) is 4.31. The molecule has 0 spiro atoms. The second-order valence-corrected chi connectivity index (χ2v) is 13.6. The van der Waals surface area contributed by atoms with Crippen molar-refractivity contribution in [2.45, 2.75) is 50.8 Å². The van der Waals surface area contributed by atoms with Crippen molar-refractivity contribution in [3.05, 3.63) is 80.1 Å². The van der Waals surface area contributed by atoms with Crippen molar-refractivity contribution >= 4 is 62.2 Å². The van der Waals surface area contributed by atoms with Crippen LogP contribution in [0.3, 0.4) is 0 Å². The predicted molar refractivity (Wildman–Crippen MR) is 168 cm³/mol. The van der Waals surface area contributed by atoms with Crippen molar-refractivity contribution < 1.29 is 18.0 Å². The zero-order valence-electron chi connectivity index (χ0n) is 24.1. The molecule has 2 aliphatic heterocycles. The number of fused-ring (bicyclic) bond motifs is 1. The molecular formula is C31H34Cl2N4O4S. The van der Waals surface area contributed by atoms with Crippen LogP contribution in [0.15, 0.2) is 41.3 Å². The highest BCUT2D eigenvalue weighted by Crippen LogP contribution is 2.37. The number of nitrogens with one attached hydrogen (secondary N) is 2. The van der Waals surface area contributed by atoms with Gasteiger partial charge in [-0.25, -0.2) is 8.42 Å². The van der Waals surface area contributed by atoms with Gasteiger partial charge in [0.05, 0.1) is 21.8 Å². The molecule has 2 N–H and O–H groups in total. The number of amides is 2. The second kappa shape index (κ2) is 11.9. The molecule has 3 aromatic rings. The highest BCUT2D eigenvalue weighted by atomic mass is 35.5. The first-order chi connectivity index (χ1) is 19.9. The summed E-state index contributed by atoms with van der Waals surface area (Å²) in [5, 5.41) is 3.35. The van der Waals surface area contributed by atoms with E-state index in [4.69, 9.17) is 23.2 Å². The van der Waals surface area contributed by atoms with Crippen LogP contribution in [0.4, 0.5) is 5.69 Å². The summed E-state index contributed by atoms with van der Waals surface area (Å²) in [4.78, 5) is 34.2. The van der Waals surface area contributed by atoms with Crippen LogP contribution in [0.1, 0.15) is 58.7 Å². The Morgan fingerprint density at radius 1 is 1.12 bits per heavy atom. The van der Waals surface area contributed by atoms with Gasteiger partial charge < -0.3 is 15.2 Å². The average Bonchev–Trinajstić information content (AvgIpc) is 3.63. The molecule has 5 rings (SSSR count). The molecule has 2 aliphatic rings. The fourth-order valence-corrected chi connectivity index (χ4v) is 8.07. The van der Waals surface area contributed by atoms with Gasteiger partial charge in [-0.05, 0) is 75.3 Å². The van der Waals surface area contributed by atoms with Gasteiger partial charge in [-0.3, -0.25) is 14.5 Å². The van der Waals surface area contributed by atoms with Crippen molar-refractivity contribution in [2.75, 3.05) is 31.5 Å². The van der Waals surface area contributed by atoms with Crippen LogP contribution in [-0.2, 0) is 20.4 Å². The Bertz CT molecular complexity index is 1690. The number of H-pyrrole nitrogens is 1. The minimum atomic E-state index is -3.84. The van der Waals surface area contributed by atoms with E-state index in [1.165, 1.54) is 12.1 Å². The third kappa shape index (κ3) is 5.63. The van der Waals surface area contributed by atoms with Crippen LogP contribution in [-0.4, -0.2) is 67.2 Å². The Morgan fingerprint density at radius 2 is 1.81 bits per heavy atom. The Hall–Kier alpha value is -3.11. The summed E-state index contributed by atoms with van der Waals surface area (Å²) >= 11 is 12.5. The third-order valence-electron chi connectivity index (χ3n) is 8.29. The molecule has 222 valence electrons. The van der Waals surface area contributed by atoms with Gasteiger partial charge in [-0.1, -0.05) is 43.1 Å². The molecule has 1 saturated heterocycles. The monoisotopic (exact) mass is 628 g/mol.